The van der Waals surface area contributed by atoms with Gasteiger partial charge in [-0.15, -0.1) is 5.10 Å². The summed E-state index contributed by atoms with van der Waals surface area (Å²) in [7, 11) is 0. The van der Waals surface area contributed by atoms with Crippen LogP contribution in [-0.4, -0.2) is 15.7 Å². The second-order valence-corrected chi connectivity index (χ2v) is 2.76. The van der Waals surface area contributed by atoms with Crippen LogP contribution < -0.4 is 0 Å². The third kappa shape index (κ3) is 1.53. The highest BCUT2D eigenvalue weighted by Gasteiger charge is 2.14. The first kappa shape index (κ1) is 8.53. The van der Waals surface area contributed by atoms with Crippen molar-refractivity contribution in [2.45, 2.75) is 13.0 Å². The van der Waals surface area contributed by atoms with Crippen molar-refractivity contribution in [2.24, 2.45) is 4.99 Å². The molecule has 0 aliphatic carbocycles. The summed E-state index contributed by atoms with van der Waals surface area (Å²) in [5, 5.41) is 12.3. The average molecular weight is 180 g/mol. The molecule has 12 heavy (non-hydrogen) atoms. The highest BCUT2D eigenvalue weighted by molar-refractivity contribution is 7.05. The highest BCUT2D eigenvalue weighted by Crippen LogP contribution is 2.21. The van der Waals surface area contributed by atoms with Crippen LogP contribution in [0.4, 0.5) is 0 Å². The highest BCUT2D eigenvalue weighted by atomic mass is 32.1. The molecule has 0 aliphatic rings. The summed E-state index contributed by atoms with van der Waals surface area (Å²) in [6.07, 6.45) is 1.34. The molecule has 6 heteroatoms. The summed E-state index contributed by atoms with van der Waals surface area (Å²) in [6, 6.07) is 1.04. The molecule has 1 unspecified atom stereocenters. The number of aromatic nitrogens is 2. The largest absolute Gasteiger partial charge is 0.236 e. The standard InChI is InChI=1S/C6H4N4OS/c1-4-6(12-10-9-4)5(2-7)8-3-11/h5H,1H3. The molecule has 1 atom stereocenters. The molecule has 0 aliphatic heterocycles. The van der Waals surface area contributed by atoms with E-state index >= 15 is 0 Å². The smallest absolute Gasteiger partial charge is 0.211 e. The van der Waals surface area contributed by atoms with Gasteiger partial charge in [-0.2, -0.15) is 10.3 Å². The fourth-order valence-corrected chi connectivity index (χ4v) is 1.32. The minimum atomic E-state index is -0.803. The van der Waals surface area contributed by atoms with Crippen LogP contribution in [0, 0.1) is 18.3 Å². The number of hydrogen-bond donors (Lipinski definition) is 0. The third-order valence-electron chi connectivity index (χ3n) is 1.24. The molecule has 0 radical (unpaired) electrons. The van der Waals surface area contributed by atoms with Crippen LogP contribution in [0.1, 0.15) is 16.6 Å². The zero-order valence-electron chi connectivity index (χ0n) is 6.18. The number of nitrogens with zero attached hydrogens (tertiary/aromatic N) is 4. The van der Waals surface area contributed by atoms with Gasteiger partial charge in [-0.3, -0.25) is 0 Å². The Bertz CT molecular complexity index is 360. The normalized spacial score (nSPS) is 11.3. The number of isocyanates is 1. The monoisotopic (exact) mass is 180 g/mol. The molecule has 0 aromatic carbocycles. The van der Waals surface area contributed by atoms with Gasteiger partial charge in [0, 0.05) is 0 Å². The molecule has 0 fully saturated rings. The Morgan fingerprint density at radius 3 is 2.92 bits per heavy atom. The average Bonchev–Trinajstić information content (AvgIpc) is 2.47. The van der Waals surface area contributed by atoms with E-state index in [1.807, 2.05) is 6.07 Å². The first-order valence-electron chi connectivity index (χ1n) is 3.05. The summed E-state index contributed by atoms with van der Waals surface area (Å²) in [6.45, 7) is 1.71. The first-order chi connectivity index (χ1) is 5.79. The van der Waals surface area contributed by atoms with Crippen LogP contribution in [0.15, 0.2) is 4.99 Å². The van der Waals surface area contributed by atoms with E-state index < -0.39 is 6.04 Å². The maximum absolute atomic E-state index is 9.90. The quantitative estimate of drug-likeness (QED) is 0.496. The van der Waals surface area contributed by atoms with E-state index in [-0.39, 0.29) is 0 Å². The molecule has 0 amide bonds. The Kier molecular flexibility index (Phi) is 2.64. The lowest BCUT2D eigenvalue weighted by Gasteiger charge is -1.94. The topological polar surface area (TPSA) is 79.0 Å². The van der Waals surface area contributed by atoms with E-state index in [1.165, 1.54) is 6.08 Å². The summed E-state index contributed by atoms with van der Waals surface area (Å²) in [5.74, 6) is 0. The van der Waals surface area contributed by atoms with Gasteiger partial charge in [-0.25, -0.2) is 4.79 Å². The van der Waals surface area contributed by atoms with Crippen molar-refractivity contribution in [3.05, 3.63) is 10.6 Å². The van der Waals surface area contributed by atoms with E-state index in [0.717, 1.165) is 11.5 Å². The van der Waals surface area contributed by atoms with Crippen molar-refractivity contribution in [3.8, 4) is 6.07 Å². The number of rotatable bonds is 2. The van der Waals surface area contributed by atoms with Gasteiger partial charge < -0.3 is 0 Å². The number of aliphatic imine (C=N–C) groups is 1. The molecule has 1 heterocycles. The zero-order chi connectivity index (χ0) is 8.97. The molecule has 0 saturated heterocycles. The Balaban J connectivity index is 3.04. The number of hydrogen-bond acceptors (Lipinski definition) is 6. The third-order valence-corrected chi connectivity index (χ3v) is 2.12. The van der Waals surface area contributed by atoms with Crippen LogP contribution >= 0.6 is 11.5 Å². The van der Waals surface area contributed by atoms with Gasteiger partial charge in [0.25, 0.3) is 0 Å². The van der Waals surface area contributed by atoms with E-state index in [9.17, 15) is 4.79 Å². The molecule has 1 aromatic rings. The predicted molar refractivity (Wildman–Crippen MR) is 41.1 cm³/mol. The van der Waals surface area contributed by atoms with Crippen LogP contribution in [-0.2, 0) is 4.79 Å². The fraction of sp³-hybridized carbons (Fsp3) is 0.333. The molecule has 0 bridgehead atoms. The number of carbonyl (C=O) groups excluding carboxylic acids is 1. The van der Waals surface area contributed by atoms with Crippen molar-refractivity contribution in [2.75, 3.05) is 0 Å². The molecular weight excluding hydrogens is 176 g/mol. The Labute approximate surface area is 72.5 Å². The first-order valence-corrected chi connectivity index (χ1v) is 3.82. The van der Waals surface area contributed by atoms with Gasteiger partial charge in [0.1, 0.15) is 0 Å². The maximum Gasteiger partial charge on any atom is 0.236 e. The molecule has 0 spiro atoms. The number of aryl methyl sites for hydroxylation is 1. The van der Waals surface area contributed by atoms with Crippen LogP contribution in [0.2, 0.25) is 0 Å². The van der Waals surface area contributed by atoms with Crippen molar-refractivity contribution in [1.29, 1.82) is 5.26 Å². The maximum atomic E-state index is 9.90. The Hall–Kier alpha value is -1.57. The molecule has 0 N–H and O–H groups in total. The van der Waals surface area contributed by atoms with E-state index in [0.29, 0.717) is 10.6 Å². The van der Waals surface area contributed by atoms with Gasteiger partial charge in [0.2, 0.25) is 6.08 Å². The molecule has 0 saturated carbocycles. The lowest BCUT2D eigenvalue weighted by molar-refractivity contribution is 0.561. The van der Waals surface area contributed by atoms with E-state index in [1.54, 1.807) is 6.92 Å². The van der Waals surface area contributed by atoms with Crippen LogP contribution in [0.25, 0.3) is 0 Å². The lowest BCUT2D eigenvalue weighted by atomic mass is 10.2. The second kappa shape index (κ2) is 3.72. The van der Waals surface area contributed by atoms with Gasteiger partial charge in [-0.1, -0.05) is 4.49 Å². The fourth-order valence-electron chi connectivity index (χ4n) is 0.688. The van der Waals surface area contributed by atoms with E-state index in [2.05, 4.69) is 14.6 Å². The molecule has 5 nitrogen and oxygen atoms in total. The summed E-state index contributed by atoms with van der Waals surface area (Å²) in [5.41, 5.74) is 0.630. The minimum Gasteiger partial charge on any atom is -0.211 e. The van der Waals surface area contributed by atoms with Crippen molar-refractivity contribution in [1.82, 2.24) is 9.59 Å². The SMILES string of the molecule is Cc1nnsc1C(C#N)N=C=O. The lowest BCUT2D eigenvalue weighted by Crippen LogP contribution is -1.90. The van der Waals surface area contributed by atoms with Gasteiger partial charge >= 0.3 is 0 Å². The summed E-state index contributed by atoms with van der Waals surface area (Å²) < 4.78 is 3.62. The Morgan fingerprint density at radius 1 is 1.75 bits per heavy atom. The van der Waals surface area contributed by atoms with Crippen molar-refractivity contribution >= 4 is 17.6 Å². The molecule has 1 aromatic heterocycles. The van der Waals surface area contributed by atoms with Gasteiger partial charge in [0.15, 0.2) is 6.04 Å². The molecule has 1 rings (SSSR count). The summed E-state index contributed by atoms with van der Waals surface area (Å²) in [4.78, 5) is 13.8. The zero-order valence-corrected chi connectivity index (χ0v) is 7.00. The summed E-state index contributed by atoms with van der Waals surface area (Å²) >= 11 is 1.07. The van der Waals surface area contributed by atoms with Crippen LogP contribution in [0.3, 0.4) is 0 Å². The van der Waals surface area contributed by atoms with Crippen LogP contribution in [0.5, 0.6) is 0 Å². The van der Waals surface area contributed by atoms with Gasteiger partial charge in [0.05, 0.1) is 16.6 Å². The van der Waals surface area contributed by atoms with Gasteiger partial charge in [-0.05, 0) is 18.5 Å². The Morgan fingerprint density at radius 2 is 2.50 bits per heavy atom. The molecular formula is C6H4N4OS. The molecule has 60 valence electrons. The predicted octanol–water partition coefficient (Wildman–Crippen LogP) is 0.747. The second-order valence-electron chi connectivity index (χ2n) is 1.97. The van der Waals surface area contributed by atoms with Crippen molar-refractivity contribution < 1.29 is 4.79 Å². The minimum absolute atomic E-state index is 0.598. The number of nitriles is 1. The van der Waals surface area contributed by atoms with E-state index in [4.69, 9.17) is 5.26 Å². The van der Waals surface area contributed by atoms with Crippen molar-refractivity contribution in [3.63, 3.8) is 0 Å².